The third kappa shape index (κ3) is 2.66. The van der Waals surface area contributed by atoms with Crippen molar-refractivity contribution in [2.45, 2.75) is 12.8 Å². The lowest BCUT2D eigenvalue weighted by Crippen LogP contribution is -2.35. The van der Waals surface area contributed by atoms with Crippen molar-refractivity contribution in [3.05, 3.63) is 0 Å². The van der Waals surface area contributed by atoms with Crippen LogP contribution in [0, 0.1) is 11.8 Å². The second kappa shape index (κ2) is 4.87. The van der Waals surface area contributed by atoms with E-state index >= 15 is 0 Å². The van der Waals surface area contributed by atoms with Gasteiger partial charge in [-0.2, -0.15) is 0 Å². The lowest BCUT2D eigenvalue weighted by atomic mass is 10.1. The Balaban J connectivity index is 1.94. The molecule has 2 saturated heterocycles. The number of ether oxygens (including phenoxy) is 1. The van der Waals surface area contributed by atoms with Gasteiger partial charge in [0, 0.05) is 13.1 Å². The van der Waals surface area contributed by atoms with E-state index in [-0.39, 0.29) is 29.3 Å². The molecule has 0 spiro atoms. The Bertz CT molecular complexity index is 458. The monoisotopic (exact) mass is 275 g/mol. The average Bonchev–Trinajstić information content (AvgIpc) is 2.93. The van der Waals surface area contributed by atoms with Crippen LogP contribution in [0.5, 0.6) is 0 Å². The molecule has 7 heteroatoms. The zero-order valence-electron chi connectivity index (χ0n) is 10.3. The van der Waals surface area contributed by atoms with Crippen molar-refractivity contribution in [2.75, 3.05) is 31.7 Å². The molecule has 6 nitrogen and oxygen atoms in total. The molecule has 0 aliphatic carbocycles. The molecule has 0 saturated carbocycles. The van der Waals surface area contributed by atoms with Gasteiger partial charge in [0.2, 0.25) is 5.91 Å². The molecular weight excluding hydrogens is 258 g/mol. The van der Waals surface area contributed by atoms with E-state index in [1.165, 1.54) is 7.11 Å². The van der Waals surface area contributed by atoms with E-state index < -0.39 is 15.8 Å². The Morgan fingerprint density at radius 3 is 2.50 bits per heavy atom. The molecule has 2 rings (SSSR count). The van der Waals surface area contributed by atoms with Crippen LogP contribution < -0.4 is 0 Å². The summed E-state index contributed by atoms with van der Waals surface area (Å²) < 4.78 is 27.3. The molecule has 2 aliphatic rings. The van der Waals surface area contributed by atoms with Gasteiger partial charge < -0.3 is 9.64 Å². The number of hydrogen-bond donors (Lipinski definition) is 0. The first-order chi connectivity index (χ1) is 8.43. The maximum atomic E-state index is 12.1. The Kier molecular flexibility index (Phi) is 3.61. The number of hydrogen-bond acceptors (Lipinski definition) is 5. The molecule has 2 aliphatic heterocycles. The fraction of sp³-hybridized carbons (Fsp3) is 0.818. The van der Waals surface area contributed by atoms with Crippen LogP contribution in [0.4, 0.5) is 0 Å². The van der Waals surface area contributed by atoms with Crippen LogP contribution in [-0.4, -0.2) is 56.9 Å². The van der Waals surface area contributed by atoms with Crippen molar-refractivity contribution < 1.29 is 22.7 Å². The quantitative estimate of drug-likeness (QED) is 0.631. The first kappa shape index (κ1) is 13.3. The number of carbonyl (C=O) groups is 2. The fourth-order valence-corrected chi connectivity index (χ4v) is 4.30. The average molecular weight is 275 g/mol. The van der Waals surface area contributed by atoms with Gasteiger partial charge in [-0.05, 0) is 12.8 Å². The second-order valence-corrected chi connectivity index (χ2v) is 7.12. The Morgan fingerprint density at radius 1 is 1.22 bits per heavy atom. The number of esters is 1. The molecule has 0 N–H and O–H groups in total. The maximum Gasteiger partial charge on any atom is 0.310 e. The van der Waals surface area contributed by atoms with E-state index in [0.29, 0.717) is 25.9 Å². The first-order valence-electron chi connectivity index (χ1n) is 6.00. The molecule has 1 amide bonds. The molecule has 2 heterocycles. The summed E-state index contributed by atoms with van der Waals surface area (Å²) in [6.07, 6.45) is 0.998. The zero-order chi connectivity index (χ0) is 13.3. The highest BCUT2D eigenvalue weighted by atomic mass is 32.2. The van der Waals surface area contributed by atoms with Crippen molar-refractivity contribution in [1.82, 2.24) is 4.90 Å². The minimum atomic E-state index is -3.04. The standard InChI is InChI=1S/C11H17NO5S/c1-17-11(14)8-2-4-12(6-8)10(13)9-3-5-18(15,16)7-9/h8-9H,2-7H2,1H3. The van der Waals surface area contributed by atoms with Crippen LogP contribution in [0.1, 0.15) is 12.8 Å². The Morgan fingerprint density at radius 2 is 1.94 bits per heavy atom. The van der Waals surface area contributed by atoms with E-state index in [2.05, 4.69) is 4.74 Å². The van der Waals surface area contributed by atoms with Gasteiger partial charge >= 0.3 is 5.97 Å². The molecule has 0 aromatic heterocycles. The lowest BCUT2D eigenvalue weighted by molar-refractivity contribution is -0.145. The van der Waals surface area contributed by atoms with Gasteiger partial charge in [0.05, 0.1) is 30.5 Å². The zero-order valence-corrected chi connectivity index (χ0v) is 11.1. The molecule has 2 fully saturated rings. The highest BCUT2D eigenvalue weighted by Gasteiger charge is 2.39. The molecule has 18 heavy (non-hydrogen) atoms. The molecule has 0 radical (unpaired) electrons. The smallest absolute Gasteiger partial charge is 0.310 e. The van der Waals surface area contributed by atoms with Crippen LogP contribution in [-0.2, 0) is 24.2 Å². The Hall–Kier alpha value is -1.11. The van der Waals surface area contributed by atoms with Gasteiger partial charge in [-0.3, -0.25) is 9.59 Å². The third-order valence-corrected chi connectivity index (χ3v) is 5.38. The van der Waals surface area contributed by atoms with Crippen LogP contribution in [0.3, 0.4) is 0 Å². The van der Waals surface area contributed by atoms with Gasteiger partial charge in [-0.15, -0.1) is 0 Å². The lowest BCUT2D eigenvalue weighted by Gasteiger charge is -2.19. The van der Waals surface area contributed by atoms with Gasteiger partial charge in [0.1, 0.15) is 0 Å². The topological polar surface area (TPSA) is 80.8 Å². The van der Waals surface area contributed by atoms with Crippen molar-refractivity contribution >= 4 is 21.7 Å². The number of rotatable bonds is 2. The number of carbonyl (C=O) groups excluding carboxylic acids is 2. The molecule has 0 aromatic carbocycles. The molecule has 0 bridgehead atoms. The first-order valence-corrected chi connectivity index (χ1v) is 7.82. The van der Waals surface area contributed by atoms with Crippen molar-refractivity contribution in [1.29, 1.82) is 0 Å². The summed E-state index contributed by atoms with van der Waals surface area (Å²) in [7, 11) is -1.71. The van der Waals surface area contributed by atoms with Crippen molar-refractivity contribution in [3.63, 3.8) is 0 Å². The van der Waals surface area contributed by atoms with Gasteiger partial charge in [0.25, 0.3) is 0 Å². The van der Waals surface area contributed by atoms with E-state index in [1.54, 1.807) is 4.90 Å². The molecule has 102 valence electrons. The molecule has 0 aromatic rings. The van der Waals surface area contributed by atoms with E-state index in [9.17, 15) is 18.0 Å². The largest absolute Gasteiger partial charge is 0.469 e. The van der Waals surface area contributed by atoms with Crippen LogP contribution in [0.25, 0.3) is 0 Å². The SMILES string of the molecule is COC(=O)C1CCN(C(=O)C2CCS(=O)(=O)C2)C1. The summed E-state index contributed by atoms with van der Waals surface area (Å²) in [5.41, 5.74) is 0. The molecule has 2 atom stereocenters. The Labute approximate surface area is 106 Å². The highest BCUT2D eigenvalue weighted by Crippen LogP contribution is 2.25. The number of methoxy groups -OCH3 is 1. The second-order valence-electron chi connectivity index (χ2n) is 4.89. The van der Waals surface area contributed by atoms with Gasteiger partial charge in [-0.25, -0.2) is 8.42 Å². The highest BCUT2D eigenvalue weighted by molar-refractivity contribution is 7.91. The van der Waals surface area contributed by atoms with E-state index in [4.69, 9.17) is 0 Å². The van der Waals surface area contributed by atoms with Crippen LogP contribution in [0.15, 0.2) is 0 Å². The van der Waals surface area contributed by atoms with Crippen LogP contribution >= 0.6 is 0 Å². The molecule has 2 unspecified atom stereocenters. The fourth-order valence-electron chi connectivity index (χ4n) is 2.57. The number of amides is 1. The number of nitrogens with zero attached hydrogens (tertiary/aromatic N) is 1. The van der Waals surface area contributed by atoms with Crippen molar-refractivity contribution in [2.24, 2.45) is 11.8 Å². The minimum Gasteiger partial charge on any atom is -0.469 e. The minimum absolute atomic E-state index is 0.0504. The summed E-state index contributed by atoms with van der Waals surface area (Å²) in [6.45, 7) is 0.858. The van der Waals surface area contributed by atoms with Gasteiger partial charge in [-0.1, -0.05) is 0 Å². The van der Waals surface area contributed by atoms with Gasteiger partial charge in [0.15, 0.2) is 9.84 Å². The van der Waals surface area contributed by atoms with E-state index in [0.717, 1.165) is 0 Å². The summed E-state index contributed by atoms with van der Waals surface area (Å²) in [5.74, 6) is -1.08. The maximum absolute atomic E-state index is 12.1. The predicted molar refractivity (Wildman–Crippen MR) is 63.5 cm³/mol. The summed E-state index contributed by atoms with van der Waals surface area (Å²) in [4.78, 5) is 25.0. The molecular formula is C11H17NO5S. The third-order valence-electron chi connectivity index (χ3n) is 3.62. The number of likely N-dealkylation sites (tertiary alicyclic amines) is 1. The predicted octanol–water partition coefficient (Wildman–Crippen LogP) is -0.557. The summed E-state index contributed by atoms with van der Waals surface area (Å²) >= 11 is 0. The summed E-state index contributed by atoms with van der Waals surface area (Å²) in [6, 6.07) is 0. The van der Waals surface area contributed by atoms with Crippen molar-refractivity contribution in [3.8, 4) is 0 Å². The number of sulfone groups is 1. The van der Waals surface area contributed by atoms with Crippen LogP contribution in [0.2, 0.25) is 0 Å². The normalized spacial score (nSPS) is 30.4. The summed E-state index contributed by atoms with van der Waals surface area (Å²) in [5, 5.41) is 0. The van der Waals surface area contributed by atoms with E-state index in [1.807, 2.05) is 0 Å².